The molecule has 0 spiro atoms. The van der Waals surface area contributed by atoms with Gasteiger partial charge in [-0.05, 0) is 70.7 Å². The highest BCUT2D eigenvalue weighted by atomic mass is 32.1. The number of nitrogens with zero attached hydrogens (tertiary/aromatic N) is 1. The fourth-order valence-corrected chi connectivity index (χ4v) is 5.93. The summed E-state index contributed by atoms with van der Waals surface area (Å²) in [4.78, 5) is 76.1. The SMILES string of the molecule is CC(C)(C)OC(=O)N1CCC[C@H]1C(=O)OCC(=O)c1ccc(-c2ccc(C(=O)COC(=O)CCCCNC(=O)O)s2)s1. The van der Waals surface area contributed by atoms with Crippen LogP contribution in [0.4, 0.5) is 9.59 Å². The molecule has 42 heavy (non-hydrogen) atoms. The van der Waals surface area contributed by atoms with Crippen LogP contribution in [0.1, 0.15) is 72.2 Å². The summed E-state index contributed by atoms with van der Waals surface area (Å²) in [6.45, 7) is 4.96. The number of amides is 2. The van der Waals surface area contributed by atoms with Gasteiger partial charge in [-0.1, -0.05) is 0 Å². The lowest BCUT2D eigenvalue weighted by molar-refractivity contribution is -0.147. The molecule has 1 aliphatic rings. The summed E-state index contributed by atoms with van der Waals surface area (Å²) in [5, 5.41) is 10.7. The van der Waals surface area contributed by atoms with E-state index in [1.165, 1.54) is 27.6 Å². The maximum absolute atomic E-state index is 12.7. The third-order valence-electron chi connectivity index (χ3n) is 5.95. The molecule has 228 valence electrons. The first-order valence-electron chi connectivity index (χ1n) is 13.4. The van der Waals surface area contributed by atoms with Crippen LogP contribution in [0.25, 0.3) is 9.75 Å². The second-order valence-electron chi connectivity index (χ2n) is 10.5. The zero-order valence-corrected chi connectivity index (χ0v) is 25.3. The maximum atomic E-state index is 12.7. The van der Waals surface area contributed by atoms with Crippen LogP contribution in [0, 0.1) is 0 Å². The van der Waals surface area contributed by atoms with E-state index in [-0.39, 0.29) is 24.5 Å². The maximum Gasteiger partial charge on any atom is 0.411 e. The van der Waals surface area contributed by atoms with Crippen LogP contribution in [0.15, 0.2) is 24.3 Å². The molecule has 1 saturated heterocycles. The van der Waals surface area contributed by atoms with Crippen LogP contribution in [0.3, 0.4) is 0 Å². The zero-order valence-electron chi connectivity index (χ0n) is 23.6. The molecule has 3 rings (SSSR count). The number of likely N-dealkylation sites (tertiary alicyclic amines) is 1. The summed E-state index contributed by atoms with van der Waals surface area (Å²) >= 11 is 2.39. The summed E-state index contributed by atoms with van der Waals surface area (Å²) in [6, 6.07) is 5.91. The molecule has 0 unspecified atom stereocenters. The molecular formula is C28H34N2O10S2. The van der Waals surface area contributed by atoms with Crippen molar-refractivity contribution in [2.24, 2.45) is 0 Å². The molecule has 1 aliphatic heterocycles. The molecule has 2 aromatic heterocycles. The van der Waals surface area contributed by atoms with Crippen molar-refractivity contribution in [2.75, 3.05) is 26.3 Å². The van der Waals surface area contributed by atoms with Crippen molar-refractivity contribution in [1.29, 1.82) is 0 Å². The molecule has 3 heterocycles. The highest BCUT2D eigenvalue weighted by Crippen LogP contribution is 2.34. The average Bonchev–Trinajstić information content (AvgIpc) is 3.69. The number of esters is 2. The van der Waals surface area contributed by atoms with Gasteiger partial charge in [-0.3, -0.25) is 19.3 Å². The van der Waals surface area contributed by atoms with Crippen molar-refractivity contribution in [1.82, 2.24) is 10.2 Å². The molecule has 1 atom stereocenters. The van der Waals surface area contributed by atoms with Crippen molar-refractivity contribution >= 4 is 58.4 Å². The zero-order chi connectivity index (χ0) is 30.9. The van der Waals surface area contributed by atoms with Crippen molar-refractivity contribution in [3.05, 3.63) is 34.0 Å². The number of hydrogen-bond acceptors (Lipinski definition) is 11. The van der Waals surface area contributed by atoms with Gasteiger partial charge in [0.2, 0.25) is 11.6 Å². The number of Topliss-reactive ketones (excluding diaryl/α,β-unsaturated/α-hetero) is 2. The Kier molecular flexibility index (Phi) is 11.6. The molecule has 2 aromatic rings. The minimum Gasteiger partial charge on any atom is -0.465 e. The van der Waals surface area contributed by atoms with E-state index >= 15 is 0 Å². The molecule has 1 fully saturated rings. The fourth-order valence-electron chi connectivity index (χ4n) is 3.97. The second-order valence-corrected chi connectivity index (χ2v) is 12.6. The molecule has 0 aromatic carbocycles. The Morgan fingerprint density at radius 3 is 2.10 bits per heavy atom. The molecule has 14 heteroatoms. The van der Waals surface area contributed by atoms with Gasteiger partial charge in [-0.15, -0.1) is 22.7 Å². The number of thiophene rings is 2. The van der Waals surface area contributed by atoms with E-state index in [1.807, 2.05) is 0 Å². The van der Waals surface area contributed by atoms with Crippen LogP contribution >= 0.6 is 22.7 Å². The number of ether oxygens (including phenoxy) is 3. The topological polar surface area (TPSA) is 166 Å². The minimum absolute atomic E-state index is 0.0776. The molecular weight excluding hydrogens is 588 g/mol. The standard InChI is InChI=1S/C28H34N2O10S2/c1-28(2,3)40-27(37)30-14-6-7-17(30)25(34)39-16-19(32)21-10-12-23(42-21)22-11-9-20(41-22)18(31)15-38-24(33)8-4-5-13-29-26(35)36/h9-12,17,29H,4-8,13-16H2,1-3H3,(H,35,36)/t17-/m0/s1. The fraction of sp³-hybridized carbons (Fsp3) is 0.500. The first kappa shape index (κ1) is 32.7. The smallest absolute Gasteiger partial charge is 0.411 e. The minimum atomic E-state index is -1.13. The van der Waals surface area contributed by atoms with Crippen LogP contribution in [-0.4, -0.2) is 83.6 Å². The predicted octanol–water partition coefficient (Wildman–Crippen LogP) is 4.77. The summed E-state index contributed by atoms with van der Waals surface area (Å²) in [5.74, 6) is -1.94. The number of carbonyl (C=O) groups is 6. The molecule has 0 aliphatic carbocycles. The number of unbranched alkanes of at least 4 members (excludes halogenated alkanes) is 1. The summed E-state index contributed by atoms with van der Waals surface area (Å²) in [5.41, 5.74) is -0.699. The van der Waals surface area contributed by atoms with E-state index in [0.717, 1.165) is 9.75 Å². The third kappa shape index (κ3) is 9.94. The van der Waals surface area contributed by atoms with Gasteiger partial charge in [-0.25, -0.2) is 14.4 Å². The van der Waals surface area contributed by atoms with Crippen molar-refractivity contribution in [2.45, 2.75) is 64.5 Å². The Morgan fingerprint density at radius 1 is 0.929 bits per heavy atom. The largest absolute Gasteiger partial charge is 0.465 e. The highest BCUT2D eigenvalue weighted by Gasteiger charge is 2.38. The van der Waals surface area contributed by atoms with Gasteiger partial charge in [0.1, 0.15) is 11.6 Å². The predicted molar refractivity (Wildman–Crippen MR) is 154 cm³/mol. The van der Waals surface area contributed by atoms with Gasteiger partial charge in [0, 0.05) is 29.3 Å². The van der Waals surface area contributed by atoms with E-state index in [9.17, 15) is 28.8 Å². The summed E-state index contributed by atoms with van der Waals surface area (Å²) in [6.07, 6.45) is 0.326. The van der Waals surface area contributed by atoms with E-state index in [1.54, 1.807) is 45.0 Å². The van der Waals surface area contributed by atoms with E-state index in [4.69, 9.17) is 19.3 Å². The average molecular weight is 623 g/mol. The molecule has 0 radical (unpaired) electrons. The Labute approximate surface area is 250 Å². The number of nitrogens with one attached hydrogen (secondary N) is 1. The van der Waals surface area contributed by atoms with Gasteiger partial charge in [0.25, 0.3) is 0 Å². The quantitative estimate of drug-likeness (QED) is 0.138. The van der Waals surface area contributed by atoms with Crippen LogP contribution in [0.5, 0.6) is 0 Å². The summed E-state index contributed by atoms with van der Waals surface area (Å²) < 4.78 is 15.6. The van der Waals surface area contributed by atoms with E-state index in [2.05, 4.69) is 5.32 Å². The van der Waals surface area contributed by atoms with Gasteiger partial charge >= 0.3 is 24.1 Å². The number of hydrogen-bond donors (Lipinski definition) is 2. The van der Waals surface area contributed by atoms with Crippen molar-refractivity contribution < 1.29 is 48.1 Å². The van der Waals surface area contributed by atoms with Crippen LogP contribution in [-0.2, 0) is 23.8 Å². The Bertz CT molecular complexity index is 1310. The van der Waals surface area contributed by atoms with Gasteiger partial charge in [0.05, 0.1) is 9.75 Å². The normalized spacial score (nSPS) is 14.7. The first-order valence-corrected chi connectivity index (χ1v) is 15.0. The molecule has 0 bridgehead atoms. The highest BCUT2D eigenvalue weighted by molar-refractivity contribution is 7.23. The lowest BCUT2D eigenvalue weighted by atomic mass is 10.2. The number of ketones is 2. The van der Waals surface area contributed by atoms with Crippen molar-refractivity contribution in [3.8, 4) is 9.75 Å². The Morgan fingerprint density at radius 2 is 1.52 bits per heavy atom. The molecule has 2 amide bonds. The van der Waals surface area contributed by atoms with Gasteiger partial charge in [-0.2, -0.15) is 0 Å². The monoisotopic (exact) mass is 622 g/mol. The summed E-state index contributed by atoms with van der Waals surface area (Å²) in [7, 11) is 0. The lowest BCUT2D eigenvalue weighted by Gasteiger charge is -2.27. The first-order chi connectivity index (χ1) is 19.8. The van der Waals surface area contributed by atoms with Crippen molar-refractivity contribution in [3.63, 3.8) is 0 Å². The molecule has 12 nitrogen and oxygen atoms in total. The van der Waals surface area contributed by atoms with E-state index < -0.39 is 49.0 Å². The number of rotatable bonds is 13. The van der Waals surface area contributed by atoms with E-state index in [0.29, 0.717) is 42.0 Å². The van der Waals surface area contributed by atoms with Crippen LogP contribution in [0.2, 0.25) is 0 Å². The number of carboxylic acid groups (broad SMARTS) is 1. The Hall–Kier alpha value is -3.78. The number of carbonyl (C=O) groups excluding carboxylic acids is 5. The molecule has 2 N–H and O–H groups in total. The van der Waals surface area contributed by atoms with Gasteiger partial charge in [0.15, 0.2) is 13.2 Å². The third-order valence-corrected chi connectivity index (χ3v) is 8.40. The van der Waals surface area contributed by atoms with Crippen LogP contribution < -0.4 is 5.32 Å². The Balaban J connectivity index is 1.46. The lowest BCUT2D eigenvalue weighted by Crippen LogP contribution is -2.44. The molecule has 0 saturated carbocycles. The second kappa shape index (κ2) is 14.9. The van der Waals surface area contributed by atoms with Gasteiger partial charge < -0.3 is 24.6 Å².